The Morgan fingerprint density at radius 3 is 2.71 bits per heavy atom. The molecule has 1 aromatic heterocycles. The van der Waals surface area contributed by atoms with Gasteiger partial charge in [0.15, 0.2) is 0 Å². The normalized spacial score (nSPS) is 10.2. The first-order valence-electron chi connectivity index (χ1n) is 6.78. The van der Waals surface area contributed by atoms with Crippen molar-refractivity contribution in [2.24, 2.45) is 0 Å². The standard InChI is InChI=1S/C14H21N3O4/c1-3-7-17(10-13(18)19)12-5-4-11(9-16-12)14(20)15-6-8-21-2/h4-5,9H,3,6-8,10H2,1-2H3,(H,15,20)(H,18,19). The summed E-state index contributed by atoms with van der Waals surface area (Å²) in [6.07, 6.45) is 2.26. The zero-order valence-electron chi connectivity index (χ0n) is 12.3. The molecule has 0 bridgehead atoms. The van der Waals surface area contributed by atoms with Gasteiger partial charge in [-0.1, -0.05) is 6.92 Å². The van der Waals surface area contributed by atoms with Gasteiger partial charge >= 0.3 is 5.97 Å². The summed E-state index contributed by atoms with van der Waals surface area (Å²) in [6.45, 7) is 3.32. The second-order valence-corrected chi connectivity index (χ2v) is 4.47. The monoisotopic (exact) mass is 295 g/mol. The average molecular weight is 295 g/mol. The third-order valence-electron chi connectivity index (χ3n) is 2.75. The fourth-order valence-electron chi connectivity index (χ4n) is 1.78. The molecule has 0 spiro atoms. The van der Waals surface area contributed by atoms with Gasteiger partial charge in [-0.05, 0) is 18.6 Å². The number of carbonyl (C=O) groups is 2. The minimum Gasteiger partial charge on any atom is -0.480 e. The van der Waals surface area contributed by atoms with Crippen molar-refractivity contribution in [3.63, 3.8) is 0 Å². The van der Waals surface area contributed by atoms with Crippen molar-refractivity contribution in [1.82, 2.24) is 10.3 Å². The van der Waals surface area contributed by atoms with Gasteiger partial charge in [0, 0.05) is 26.4 Å². The number of hydrogen-bond donors (Lipinski definition) is 2. The van der Waals surface area contributed by atoms with E-state index in [1.165, 1.54) is 6.20 Å². The molecule has 7 heteroatoms. The molecule has 0 saturated carbocycles. The lowest BCUT2D eigenvalue weighted by molar-refractivity contribution is -0.135. The van der Waals surface area contributed by atoms with Gasteiger partial charge in [-0.2, -0.15) is 0 Å². The van der Waals surface area contributed by atoms with Crippen LogP contribution in [0.1, 0.15) is 23.7 Å². The van der Waals surface area contributed by atoms with Crippen LogP contribution in [-0.4, -0.2) is 55.3 Å². The first-order valence-corrected chi connectivity index (χ1v) is 6.78. The number of rotatable bonds is 9. The van der Waals surface area contributed by atoms with E-state index in [0.29, 0.717) is 31.1 Å². The van der Waals surface area contributed by atoms with Crippen molar-refractivity contribution in [3.8, 4) is 0 Å². The summed E-state index contributed by atoms with van der Waals surface area (Å²) in [7, 11) is 1.56. The lowest BCUT2D eigenvalue weighted by atomic mass is 10.2. The van der Waals surface area contributed by atoms with Gasteiger partial charge in [0.05, 0.1) is 12.2 Å². The largest absolute Gasteiger partial charge is 0.480 e. The first-order chi connectivity index (χ1) is 10.1. The number of anilines is 1. The van der Waals surface area contributed by atoms with Crippen LogP contribution in [0, 0.1) is 0 Å². The summed E-state index contributed by atoms with van der Waals surface area (Å²) in [5, 5.41) is 11.6. The molecule has 0 aromatic carbocycles. The van der Waals surface area contributed by atoms with Crippen LogP contribution in [0.4, 0.5) is 5.82 Å². The van der Waals surface area contributed by atoms with E-state index in [-0.39, 0.29) is 12.5 Å². The number of carbonyl (C=O) groups excluding carboxylic acids is 1. The minimum absolute atomic E-state index is 0.111. The molecule has 0 radical (unpaired) electrons. The van der Waals surface area contributed by atoms with E-state index in [1.54, 1.807) is 24.1 Å². The topological polar surface area (TPSA) is 91.8 Å². The molecule has 1 amide bonds. The van der Waals surface area contributed by atoms with Crippen molar-refractivity contribution in [2.45, 2.75) is 13.3 Å². The highest BCUT2D eigenvalue weighted by molar-refractivity contribution is 5.94. The summed E-state index contributed by atoms with van der Waals surface area (Å²) >= 11 is 0. The number of pyridine rings is 1. The van der Waals surface area contributed by atoms with Gasteiger partial charge in [-0.3, -0.25) is 9.59 Å². The first kappa shape index (κ1) is 16.9. The van der Waals surface area contributed by atoms with Gasteiger partial charge in [0.2, 0.25) is 0 Å². The number of aromatic nitrogens is 1. The highest BCUT2D eigenvalue weighted by Gasteiger charge is 2.12. The van der Waals surface area contributed by atoms with Gasteiger partial charge in [-0.25, -0.2) is 4.98 Å². The van der Waals surface area contributed by atoms with Crippen molar-refractivity contribution in [3.05, 3.63) is 23.9 Å². The molecule has 1 aromatic rings. The predicted octanol–water partition coefficient (Wildman–Crippen LogP) is 0.759. The molecule has 7 nitrogen and oxygen atoms in total. The SMILES string of the molecule is CCCN(CC(=O)O)c1ccc(C(=O)NCCOC)cn1. The molecular formula is C14H21N3O4. The van der Waals surface area contributed by atoms with Crippen LogP contribution in [0.15, 0.2) is 18.3 Å². The second-order valence-electron chi connectivity index (χ2n) is 4.47. The molecule has 1 rings (SSSR count). The van der Waals surface area contributed by atoms with Crippen molar-refractivity contribution < 1.29 is 19.4 Å². The molecular weight excluding hydrogens is 274 g/mol. The van der Waals surface area contributed by atoms with Crippen LogP contribution in [0.2, 0.25) is 0 Å². The van der Waals surface area contributed by atoms with E-state index in [2.05, 4.69) is 10.3 Å². The van der Waals surface area contributed by atoms with Crippen LogP contribution < -0.4 is 10.2 Å². The van der Waals surface area contributed by atoms with Crippen LogP contribution >= 0.6 is 0 Å². The highest BCUT2D eigenvalue weighted by atomic mass is 16.5. The molecule has 0 aliphatic heterocycles. The third-order valence-corrected chi connectivity index (χ3v) is 2.75. The number of aliphatic carboxylic acids is 1. The van der Waals surface area contributed by atoms with E-state index in [0.717, 1.165) is 6.42 Å². The molecule has 116 valence electrons. The van der Waals surface area contributed by atoms with Crippen LogP contribution in [0.3, 0.4) is 0 Å². The summed E-state index contributed by atoms with van der Waals surface area (Å²) in [5.41, 5.74) is 0.432. The average Bonchev–Trinajstić information content (AvgIpc) is 2.47. The Bertz CT molecular complexity index is 462. The van der Waals surface area contributed by atoms with Crippen molar-refractivity contribution in [1.29, 1.82) is 0 Å². The lowest BCUT2D eigenvalue weighted by Crippen LogP contribution is -2.31. The number of nitrogens with one attached hydrogen (secondary N) is 1. The van der Waals surface area contributed by atoms with Crippen LogP contribution in [-0.2, 0) is 9.53 Å². The van der Waals surface area contributed by atoms with E-state index < -0.39 is 5.97 Å². The Balaban J connectivity index is 2.70. The Hall–Kier alpha value is -2.15. The zero-order chi connectivity index (χ0) is 15.7. The fraction of sp³-hybridized carbons (Fsp3) is 0.500. The molecule has 1 heterocycles. The van der Waals surface area contributed by atoms with E-state index >= 15 is 0 Å². The maximum absolute atomic E-state index is 11.8. The van der Waals surface area contributed by atoms with Gasteiger partial charge in [0.25, 0.3) is 5.91 Å². The smallest absolute Gasteiger partial charge is 0.323 e. The van der Waals surface area contributed by atoms with Crippen molar-refractivity contribution >= 4 is 17.7 Å². The number of nitrogens with zero attached hydrogens (tertiary/aromatic N) is 2. The number of carboxylic acids is 1. The second kappa shape index (κ2) is 8.91. The minimum atomic E-state index is -0.911. The van der Waals surface area contributed by atoms with E-state index in [1.807, 2.05) is 6.92 Å². The lowest BCUT2D eigenvalue weighted by Gasteiger charge is -2.20. The molecule has 0 aliphatic carbocycles. The maximum atomic E-state index is 11.8. The summed E-state index contributed by atoms with van der Waals surface area (Å²) in [6, 6.07) is 3.29. The maximum Gasteiger partial charge on any atom is 0.323 e. The number of carboxylic acid groups (broad SMARTS) is 1. The van der Waals surface area contributed by atoms with E-state index in [9.17, 15) is 9.59 Å². The van der Waals surface area contributed by atoms with Gasteiger partial charge in [0.1, 0.15) is 12.4 Å². The zero-order valence-corrected chi connectivity index (χ0v) is 12.3. The fourth-order valence-corrected chi connectivity index (χ4v) is 1.78. The number of methoxy groups -OCH3 is 1. The predicted molar refractivity (Wildman–Crippen MR) is 78.6 cm³/mol. The summed E-state index contributed by atoms with van der Waals surface area (Å²) in [4.78, 5) is 28.5. The van der Waals surface area contributed by atoms with Crippen LogP contribution in [0.5, 0.6) is 0 Å². The number of amides is 1. The molecule has 0 unspecified atom stereocenters. The quantitative estimate of drug-likeness (QED) is 0.653. The Morgan fingerprint density at radius 1 is 1.43 bits per heavy atom. The van der Waals surface area contributed by atoms with E-state index in [4.69, 9.17) is 9.84 Å². The van der Waals surface area contributed by atoms with Gasteiger partial charge in [-0.15, -0.1) is 0 Å². The number of ether oxygens (including phenoxy) is 1. The van der Waals surface area contributed by atoms with Crippen LogP contribution in [0.25, 0.3) is 0 Å². The Kier molecular flexibility index (Phi) is 7.17. The summed E-state index contributed by atoms with van der Waals surface area (Å²) < 4.78 is 4.85. The Labute approximate surface area is 123 Å². The molecule has 0 atom stereocenters. The number of hydrogen-bond acceptors (Lipinski definition) is 5. The molecule has 0 aliphatic rings. The van der Waals surface area contributed by atoms with Crippen molar-refractivity contribution in [2.75, 3.05) is 38.3 Å². The molecule has 21 heavy (non-hydrogen) atoms. The third kappa shape index (κ3) is 5.78. The summed E-state index contributed by atoms with van der Waals surface area (Å²) in [5.74, 6) is -0.592. The molecule has 0 fully saturated rings. The molecule has 2 N–H and O–H groups in total. The van der Waals surface area contributed by atoms with Gasteiger partial charge < -0.3 is 20.1 Å². The Morgan fingerprint density at radius 2 is 2.19 bits per heavy atom. The highest BCUT2D eigenvalue weighted by Crippen LogP contribution is 2.11. The molecule has 0 saturated heterocycles.